The van der Waals surface area contributed by atoms with E-state index in [0.29, 0.717) is 28.8 Å². The molecule has 3 N–H and O–H groups in total. The number of rotatable bonds is 7. The van der Waals surface area contributed by atoms with Gasteiger partial charge >= 0.3 is 0 Å². The molecule has 9 nitrogen and oxygen atoms in total. The number of anilines is 1. The van der Waals surface area contributed by atoms with Gasteiger partial charge in [-0.25, -0.2) is 0 Å². The number of azo groups is 1. The molecule has 0 heterocycles. The lowest BCUT2D eigenvalue weighted by atomic mass is 10.0. The first-order chi connectivity index (χ1) is 18.0. The minimum absolute atomic E-state index is 0.00930. The SMILES string of the molecule is CCOc1ccc(Cl)c(NC(=O)c2cc3ccccc3c(N=Nc3cc(C)c(S(=O)(=O)O)c(Cl)c3)c2O)c1. The van der Waals surface area contributed by atoms with Crippen LogP contribution in [0.25, 0.3) is 10.8 Å². The number of phenolic OH excluding ortho intramolecular Hbond substituents is 1. The Morgan fingerprint density at radius 2 is 1.76 bits per heavy atom. The first-order valence-corrected chi connectivity index (χ1v) is 13.4. The number of carbonyl (C=O) groups excluding carboxylic acids is 1. The molecule has 12 heteroatoms. The quantitative estimate of drug-likeness (QED) is 0.155. The van der Waals surface area contributed by atoms with Gasteiger partial charge in [-0.3, -0.25) is 9.35 Å². The molecule has 1 amide bonds. The number of hydrogen-bond donors (Lipinski definition) is 3. The number of phenols is 1. The van der Waals surface area contributed by atoms with Gasteiger partial charge in [0.1, 0.15) is 16.3 Å². The van der Waals surface area contributed by atoms with Crippen molar-refractivity contribution in [1.82, 2.24) is 0 Å². The minimum Gasteiger partial charge on any atom is -0.505 e. The van der Waals surface area contributed by atoms with Crippen LogP contribution < -0.4 is 10.1 Å². The summed E-state index contributed by atoms with van der Waals surface area (Å²) in [4.78, 5) is 12.8. The summed E-state index contributed by atoms with van der Waals surface area (Å²) in [6.45, 7) is 3.70. The number of amides is 1. The van der Waals surface area contributed by atoms with E-state index in [-0.39, 0.29) is 32.5 Å². The van der Waals surface area contributed by atoms with Gasteiger partial charge in [0, 0.05) is 11.5 Å². The number of aromatic hydroxyl groups is 1. The minimum atomic E-state index is -4.54. The van der Waals surface area contributed by atoms with Crippen molar-refractivity contribution in [2.24, 2.45) is 10.2 Å². The standard InChI is InChI=1S/C26H21Cl2N3O6S/c1-3-37-17-8-9-20(27)22(13-17)29-26(33)19-11-15-6-4-5-7-18(15)23(24(19)32)31-30-16-10-14(2)25(21(28)12-16)38(34,35)36/h4-13,32H,3H2,1-2H3,(H,29,33)(H,34,35,36). The van der Waals surface area contributed by atoms with Crippen LogP contribution in [0.4, 0.5) is 17.1 Å². The second-order valence-electron chi connectivity index (χ2n) is 8.12. The summed E-state index contributed by atoms with van der Waals surface area (Å²) in [5.41, 5.74) is 0.545. The molecule has 0 aliphatic rings. The summed E-state index contributed by atoms with van der Waals surface area (Å²) in [6.07, 6.45) is 0. The van der Waals surface area contributed by atoms with E-state index >= 15 is 0 Å². The lowest BCUT2D eigenvalue weighted by Crippen LogP contribution is -2.12. The molecule has 0 saturated carbocycles. The third-order valence-electron chi connectivity index (χ3n) is 5.47. The molecule has 0 saturated heterocycles. The average molecular weight is 574 g/mol. The normalized spacial score (nSPS) is 11.7. The topological polar surface area (TPSA) is 138 Å². The van der Waals surface area contributed by atoms with Crippen molar-refractivity contribution in [3.63, 3.8) is 0 Å². The van der Waals surface area contributed by atoms with Crippen molar-refractivity contribution < 1.29 is 27.6 Å². The molecule has 196 valence electrons. The summed E-state index contributed by atoms with van der Waals surface area (Å²) in [5.74, 6) is -0.561. The zero-order chi connectivity index (χ0) is 27.6. The number of nitrogens with one attached hydrogen (secondary N) is 1. The summed E-state index contributed by atoms with van der Waals surface area (Å²) in [6, 6.07) is 15.9. The maximum Gasteiger partial charge on any atom is 0.296 e. The monoisotopic (exact) mass is 573 g/mol. The van der Waals surface area contributed by atoms with Gasteiger partial charge in [0.2, 0.25) is 0 Å². The predicted octanol–water partition coefficient (Wildman–Crippen LogP) is 7.47. The van der Waals surface area contributed by atoms with E-state index < -0.39 is 26.7 Å². The zero-order valence-electron chi connectivity index (χ0n) is 20.1. The summed E-state index contributed by atoms with van der Waals surface area (Å²) in [5, 5.41) is 23.2. The van der Waals surface area contributed by atoms with Gasteiger partial charge in [-0.1, -0.05) is 47.5 Å². The molecule has 4 rings (SSSR count). The number of benzene rings is 4. The Kier molecular flexibility index (Phi) is 7.89. The maximum absolute atomic E-state index is 13.2. The second-order valence-corrected chi connectivity index (χ2v) is 10.3. The number of nitrogens with zero attached hydrogens (tertiary/aromatic N) is 2. The van der Waals surface area contributed by atoms with Crippen LogP contribution in [0.1, 0.15) is 22.8 Å². The van der Waals surface area contributed by atoms with Crippen LogP contribution in [0, 0.1) is 6.92 Å². The molecule has 0 spiro atoms. The van der Waals surface area contributed by atoms with E-state index in [1.165, 1.54) is 25.1 Å². The molecule has 0 radical (unpaired) electrons. The van der Waals surface area contributed by atoms with Gasteiger partial charge in [0.05, 0.1) is 33.6 Å². The Balaban J connectivity index is 1.77. The fraction of sp³-hybridized carbons (Fsp3) is 0.115. The van der Waals surface area contributed by atoms with Gasteiger partial charge in [-0.15, -0.1) is 5.11 Å². The summed E-state index contributed by atoms with van der Waals surface area (Å²) in [7, 11) is -4.54. The van der Waals surface area contributed by atoms with E-state index in [4.69, 9.17) is 27.9 Å². The van der Waals surface area contributed by atoms with Crippen LogP contribution in [0.3, 0.4) is 0 Å². The molecule has 0 unspecified atom stereocenters. The summed E-state index contributed by atoms with van der Waals surface area (Å²) >= 11 is 12.3. The van der Waals surface area contributed by atoms with E-state index in [1.54, 1.807) is 42.5 Å². The fourth-order valence-corrected chi connectivity index (χ4v) is 5.33. The molecule has 38 heavy (non-hydrogen) atoms. The van der Waals surface area contributed by atoms with Gasteiger partial charge in [0.15, 0.2) is 5.75 Å². The van der Waals surface area contributed by atoms with Gasteiger partial charge in [-0.2, -0.15) is 13.5 Å². The summed E-state index contributed by atoms with van der Waals surface area (Å²) < 4.78 is 38.0. The molecule has 0 bridgehead atoms. The van der Waals surface area contributed by atoms with Crippen molar-refractivity contribution in [1.29, 1.82) is 0 Å². The van der Waals surface area contributed by atoms with E-state index in [1.807, 2.05) is 6.92 Å². The fourth-order valence-electron chi connectivity index (χ4n) is 3.84. The van der Waals surface area contributed by atoms with E-state index in [0.717, 1.165) is 0 Å². The highest BCUT2D eigenvalue weighted by atomic mass is 35.5. The molecule has 0 aliphatic heterocycles. The maximum atomic E-state index is 13.2. The van der Waals surface area contributed by atoms with Crippen molar-refractivity contribution in [2.75, 3.05) is 11.9 Å². The van der Waals surface area contributed by atoms with Crippen molar-refractivity contribution in [3.8, 4) is 11.5 Å². The predicted molar refractivity (Wildman–Crippen MR) is 146 cm³/mol. The Labute approximate surface area is 228 Å². The van der Waals surface area contributed by atoms with Gasteiger partial charge < -0.3 is 15.2 Å². The Morgan fingerprint density at radius 1 is 1.03 bits per heavy atom. The van der Waals surface area contributed by atoms with Gasteiger partial charge in [0.25, 0.3) is 16.0 Å². The third-order valence-corrected chi connectivity index (χ3v) is 7.27. The molecule has 4 aromatic rings. The number of fused-ring (bicyclic) bond motifs is 1. The highest BCUT2D eigenvalue weighted by molar-refractivity contribution is 7.86. The third kappa shape index (κ3) is 5.73. The van der Waals surface area contributed by atoms with Crippen LogP contribution in [0.5, 0.6) is 11.5 Å². The van der Waals surface area contributed by atoms with Crippen LogP contribution in [0.15, 0.2) is 75.8 Å². The number of aryl methyl sites for hydroxylation is 1. The van der Waals surface area contributed by atoms with E-state index in [2.05, 4.69) is 15.5 Å². The number of halogens is 2. The Bertz CT molecular complexity index is 1680. The van der Waals surface area contributed by atoms with Crippen LogP contribution in [-0.4, -0.2) is 30.6 Å². The first kappa shape index (κ1) is 27.3. The Hall–Kier alpha value is -3.70. The molecule has 4 aromatic carbocycles. The van der Waals surface area contributed by atoms with E-state index in [9.17, 15) is 22.9 Å². The average Bonchev–Trinajstić information content (AvgIpc) is 2.84. The largest absolute Gasteiger partial charge is 0.505 e. The van der Waals surface area contributed by atoms with Crippen LogP contribution in [0.2, 0.25) is 10.0 Å². The molecule has 0 aliphatic carbocycles. The van der Waals surface area contributed by atoms with Crippen LogP contribution >= 0.6 is 23.2 Å². The smallest absolute Gasteiger partial charge is 0.296 e. The van der Waals surface area contributed by atoms with Crippen LogP contribution in [-0.2, 0) is 10.1 Å². The molecular weight excluding hydrogens is 553 g/mol. The van der Waals surface area contributed by atoms with Crippen molar-refractivity contribution in [2.45, 2.75) is 18.7 Å². The molecule has 0 fully saturated rings. The molecule has 0 aromatic heterocycles. The number of ether oxygens (including phenoxy) is 1. The molecular formula is C26H21Cl2N3O6S. The number of hydrogen-bond acceptors (Lipinski definition) is 7. The lowest BCUT2D eigenvalue weighted by molar-refractivity contribution is 0.102. The number of carbonyl (C=O) groups is 1. The lowest BCUT2D eigenvalue weighted by Gasteiger charge is -2.13. The van der Waals surface area contributed by atoms with Gasteiger partial charge in [-0.05, 0) is 55.1 Å². The van der Waals surface area contributed by atoms with Crippen molar-refractivity contribution in [3.05, 3.63) is 81.8 Å². The highest BCUT2D eigenvalue weighted by Crippen LogP contribution is 2.40. The second kappa shape index (κ2) is 11.0. The Morgan fingerprint density at radius 3 is 2.45 bits per heavy atom. The van der Waals surface area contributed by atoms with Crippen molar-refractivity contribution >= 4 is 67.1 Å². The molecule has 0 atom stereocenters. The first-order valence-electron chi connectivity index (χ1n) is 11.2. The zero-order valence-corrected chi connectivity index (χ0v) is 22.4. The highest BCUT2D eigenvalue weighted by Gasteiger charge is 2.21.